The maximum atomic E-state index is 9.86. The fourth-order valence-electron chi connectivity index (χ4n) is 2.88. The predicted molar refractivity (Wildman–Crippen MR) is 105 cm³/mol. The molecule has 5 N–H and O–H groups in total. The summed E-state index contributed by atoms with van der Waals surface area (Å²) in [5, 5.41) is 19.9. The van der Waals surface area contributed by atoms with Crippen LogP contribution in [-0.4, -0.2) is 10.1 Å². The number of rotatable bonds is 2. The molecule has 0 radical (unpaired) electrons. The Labute approximate surface area is 149 Å². The molecule has 0 amide bonds. The predicted octanol–water partition coefficient (Wildman–Crippen LogP) is 4.98. The Morgan fingerprint density at radius 3 is 2.50 bits per heavy atom. The second-order valence-electron chi connectivity index (χ2n) is 6.20. The molecule has 0 aliphatic carbocycles. The van der Waals surface area contributed by atoms with Crippen LogP contribution < -0.4 is 11.5 Å². The molecule has 1 aromatic heterocycles. The van der Waals surface area contributed by atoms with E-state index in [9.17, 15) is 5.11 Å². The zero-order chi connectivity index (χ0) is 18.3. The molecule has 0 bridgehead atoms. The number of aryl methyl sites for hydroxylation is 1. The van der Waals surface area contributed by atoms with Crippen LogP contribution in [0.1, 0.15) is 5.56 Å². The molecule has 0 unspecified atom stereocenters. The summed E-state index contributed by atoms with van der Waals surface area (Å²) >= 11 is 0. The van der Waals surface area contributed by atoms with Crippen molar-refractivity contribution in [2.75, 3.05) is 11.5 Å². The monoisotopic (exact) mass is 343 g/mol. The maximum absolute atomic E-state index is 9.86. The van der Waals surface area contributed by atoms with Crippen LogP contribution in [0.15, 0.2) is 64.8 Å². The summed E-state index contributed by atoms with van der Waals surface area (Å²) in [5.41, 5.74) is 16.8. The molecule has 4 aromatic rings. The van der Waals surface area contributed by atoms with Gasteiger partial charge in [0.1, 0.15) is 11.4 Å². The lowest BCUT2D eigenvalue weighted by Crippen LogP contribution is -1.93. The number of anilines is 2. The van der Waals surface area contributed by atoms with Crippen molar-refractivity contribution in [2.24, 2.45) is 10.2 Å². The van der Waals surface area contributed by atoms with E-state index in [1.54, 1.807) is 12.1 Å². The summed E-state index contributed by atoms with van der Waals surface area (Å²) in [4.78, 5) is 4.68. The van der Waals surface area contributed by atoms with Crippen LogP contribution in [0.3, 0.4) is 0 Å². The molecule has 0 aliphatic heterocycles. The largest absolute Gasteiger partial charge is 0.506 e. The number of nitrogens with zero attached hydrogens (tertiary/aromatic N) is 3. The Morgan fingerprint density at radius 1 is 0.846 bits per heavy atom. The molecule has 26 heavy (non-hydrogen) atoms. The summed E-state index contributed by atoms with van der Waals surface area (Å²) in [6.07, 6.45) is 0. The summed E-state index contributed by atoms with van der Waals surface area (Å²) < 4.78 is 0. The van der Waals surface area contributed by atoms with Crippen molar-refractivity contribution in [3.05, 3.63) is 60.2 Å². The van der Waals surface area contributed by atoms with E-state index in [0.29, 0.717) is 22.7 Å². The smallest absolute Gasteiger partial charge is 0.145 e. The SMILES string of the molecule is Cc1ccc2nc3cc(N=Nc4ccc(N)cc4O)ccc3c(N)c2c1. The van der Waals surface area contributed by atoms with E-state index in [2.05, 4.69) is 15.2 Å². The molecule has 6 nitrogen and oxygen atoms in total. The van der Waals surface area contributed by atoms with E-state index in [0.717, 1.165) is 27.4 Å². The molecule has 1 heterocycles. The number of benzene rings is 3. The first-order valence-electron chi connectivity index (χ1n) is 8.11. The number of phenolic OH excluding ortho intramolecular Hbond substituents is 1. The molecule has 6 heteroatoms. The number of nitrogen functional groups attached to an aromatic ring is 2. The van der Waals surface area contributed by atoms with Crippen LogP contribution in [0.2, 0.25) is 0 Å². The Morgan fingerprint density at radius 2 is 1.69 bits per heavy atom. The maximum Gasteiger partial charge on any atom is 0.145 e. The van der Waals surface area contributed by atoms with Crippen molar-refractivity contribution in [1.29, 1.82) is 0 Å². The number of hydrogen-bond donors (Lipinski definition) is 3. The molecule has 0 spiro atoms. The quantitative estimate of drug-likeness (QED) is 0.271. The number of pyridine rings is 1. The van der Waals surface area contributed by atoms with Gasteiger partial charge in [-0.2, -0.15) is 5.11 Å². The highest BCUT2D eigenvalue weighted by Crippen LogP contribution is 2.33. The lowest BCUT2D eigenvalue weighted by molar-refractivity contribution is 0.476. The first kappa shape index (κ1) is 15.8. The lowest BCUT2D eigenvalue weighted by atomic mass is 10.1. The van der Waals surface area contributed by atoms with Gasteiger partial charge in [-0.1, -0.05) is 11.6 Å². The summed E-state index contributed by atoms with van der Waals surface area (Å²) in [5.74, 6) is -0.0155. The minimum atomic E-state index is -0.0155. The number of phenols is 1. The van der Waals surface area contributed by atoms with Gasteiger partial charge in [-0.05, 0) is 49.4 Å². The van der Waals surface area contributed by atoms with Crippen molar-refractivity contribution in [3.63, 3.8) is 0 Å². The van der Waals surface area contributed by atoms with E-state index < -0.39 is 0 Å². The molecule has 0 saturated heterocycles. The third-order valence-corrected chi connectivity index (χ3v) is 4.23. The van der Waals surface area contributed by atoms with Gasteiger partial charge in [0.05, 0.1) is 22.4 Å². The highest BCUT2D eigenvalue weighted by Gasteiger charge is 2.07. The van der Waals surface area contributed by atoms with Crippen LogP contribution >= 0.6 is 0 Å². The number of azo groups is 1. The average molecular weight is 343 g/mol. The van der Waals surface area contributed by atoms with Gasteiger partial charge in [0.25, 0.3) is 0 Å². The third-order valence-electron chi connectivity index (χ3n) is 4.23. The number of nitrogens with two attached hydrogens (primary N) is 2. The molecule has 0 saturated carbocycles. The van der Waals surface area contributed by atoms with Crippen LogP contribution in [0.5, 0.6) is 5.75 Å². The van der Waals surface area contributed by atoms with Crippen molar-refractivity contribution in [2.45, 2.75) is 6.92 Å². The van der Waals surface area contributed by atoms with Crippen LogP contribution in [-0.2, 0) is 0 Å². The van der Waals surface area contributed by atoms with E-state index in [-0.39, 0.29) is 5.75 Å². The standard InChI is InChI=1S/C20H17N5O/c1-11-2-6-16-15(8-11)20(22)14-5-4-13(10-18(14)23-16)24-25-17-7-3-12(21)9-19(17)26/h2-10,26H,21H2,1H3,(H2,22,23). The van der Waals surface area contributed by atoms with Gasteiger partial charge >= 0.3 is 0 Å². The highest BCUT2D eigenvalue weighted by atomic mass is 16.3. The first-order valence-corrected chi connectivity index (χ1v) is 8.11. The number of fused-ring (bicyclic) bond motifs is 2. The van der Waals surface area contributed by atoms with E-state index in [4.69, 9.17) is 11.5 Å². The average Bonchev–Trinajstić information content (AvgIpc) is 2.62. The lowest BCUT2D eigenvalue weighted by Gasteiger charge is -2.08. The Kier molecular flexibility index (Phi) is 3.65. The van der Waals surface area contributed by atoms with Gasteiger partial charge in [-0.15, -0.1) is 5.11 Å². The van der Waals surface area contributed by atoms with E-state index in [1.165, 1.54) is 6.07 Å². The molecule has 0 atom stereocenters. The summed E-state index contributed by atoms with van der Waals surface area (Å²) in [6.45, 7) is 2.03. The zero-order valence-corrected chi connectivity index (χ0v) is 14.1. The normalized spacial score (nSPS) is 11.6. The fourth-order valence-corrected chi connectivity index (χ4v) is 2.88. The summed E-state index contributed by atoms with van der Waals surface area (Å²) in [7, 11) is 0. The van der Waals surface area contributed by atoms with Crippen LogP contribution in [0, 0.1) is 6.92 Å². The van der Waals surface area contributed by atoms with Gasteiger partial charge in [0.2, 0.25) is 0 Å². The molecule has 0 fully saturated rings. The van der Waals surface area contributed by atoms with E-state index in [1.807, 2.05) is 43.3 Å². The van der Waals surface area contributed by atoms with Gasteiger partial charge in [-0.3, -0.25) is 0 Å². The third kappa shape index (κ3) is 2.77. The molecular formula is C20H17N5O. The Balaban J connectivity index is 1.79. The van der Waals surface area contributed by atoms with E-state index >= 15 is 0 Å². The number of hydrogen-bond acceptors (Lipinski definition) is 6. The molecule has 4 rings (SSSR count). The minimum absolute atomic E-state index is 0.0155. The molecule has 128 valence electrons. The molecular weight excluding hydrogens is 326 g/mol. The second-order valence-corrected chi connectivity index (χ2v) is 6.20. The fraction of sp³-hybridized carbons (Fsp3) is 0.0500. The zero-order valence-electron chi connectivity index (χ0n) is 14.1. The van der Waals surface area contributed by atoms with Crippen molar-refractivity contribution in [1.82, 2.24) is 4.98 Å². The van der Waals surface area contributed by atoms with Crippen molar-refractivity contribution in [3.8, 4) is 5.75 Å². The highest BCUT2D eigenvalue weighted by molar-refractivity contribution is 6.07. The van der Waals surface area contributed by atoms with Gasteiger partial charge < -0.3 is 16.6 Å². The van der Waals surface area contributed by atoms with Gasteiger partial charge in [0.15, 0.2) is 0 Å². The second kappa shape index (κ2) is 6.00. The van der Waals surface area contributed by atoms with Gasteiger partial charge in [-0.25, -0.2) is 4.98 Å². The summed E-state index contributed by atoms with van der Waals surface area (Å²) in [6, 6.07) is 16.2. The number of aromatic nitrogens is 1. The Hall–Kier alpha value is -3.67. The topological polar surface area (TPSA) is 110 Å². The number of aromatic hydroxyl groups is 1. The first-order chi connectivity index (χ1) is 12.5. The molecule has 0 aliphatic rings. The van der Waals surface area contributed by atoms with Crippen LogP contribution in [0.25, 0.3) is 21.8 Å². The molecule has 3 aromatic carbocycles. The Bertz CT molecular complexity index is 1180. The van der Waals surface area contributed by atoms with Crippen molar-refractivity contribution < 1.29 is 5.11 Å². The van der Waals surface area contributed by atoms with Crippen molar-refractivity contribution >= 4 is 44.6 Å². The van der Waals surface area contributed by atoms with Gasteiger partial charge in [0, 0.05) is 22.5 Å². The van der Waals surface area contributed by atoms with Crippen LogP contribution in [0.4, 0.5) is 22.7 Å². The minimum Gasteiger partial charge on any atom is -0.506 e.